The first kappa shape index (κ1) is 20.3. The number of benzene rings is 4. The van der Waals surface area contributed by atoms with E-state index in [9.17, 15) is 17.6 Å². The van der Waals surface area contributed by atoms with Crippen molar-refractivity contribution in [3.63, 3.8) is 0 Å². The number of rotatable bonds is 4. The quantitative estimate of drug-likeness (QED) is 0.233. The predicted octanol–water partition coefficient (Wildman–Crippen LogP) is 8.30. The minimum Gasteiger partial charge on any atom is -0.206 e. The van der Waals surface area contributed by atoms with Gasteiger partial charge in [-0.1, -0.05) is 61.9 Å². The number of unbranched alkanes of at least 4 members (excludes halogenated alkanes) is 1. The first-order valence-electron chi connectivity index (χ1n) is 9.80. The summed E-state index contributed by atoms with van der Waals surface area (Å²) in [5.74, 6) is -2.00. The molecule has 0 atom stereocenters. The molecule has 0 amide bonds. The fourth-order valence-electron chi connectivity index (χ4n) is 3.83. The molecule has 0 aromatic heterocycles. The minimum atomic E-state index is -4.79. The van der Waals surface area contributed by atoms with E-state index in [0.717, 1.165) is 42.2 Å². The van der Waals surface area contributed by atoms with Gasteiger partial charge in [-0.3, -0.25) is 0 Å². The van der Waals surface area contributed by atoms with Crippen LogP contribution >= 0.6 is 0 Å². The van der Waals surface area contributed by atoms with Gasteiger partial charge in [-0.05, 0) is 52.3 Å². The van der Waals surface area contributed by atoms with Gasteiger partial charge in [0.2, 0.25) is 0 Å². The van der Waals surface area contributed by atoms with Gasteiger partial charge in [0, 0.05) is 10.9 Å². The maximum atomic E-state index is 15.3. The molecule has 0 saturated carbocycles. The van der Waals surface area contributed by atoms with Crippen LogP contribution in [0.2, 0.25) is 0 Å². The van der Waals surface area contributed by atoms with E-state index in [0.29, 0.717) is 16.8 Å². The van der Waals surface area contributed by atoms with Crippen LogP contribution in [-0.2, 0) is 12.6 Å². The molecule has 0 nitrogen and oxygen atoms in total. The van der Waals surface area contributed by atoms with Crippen molar-refractivity contribution in [2.45, 2.75) is 32.4 Å². The van der Waals surface area contributed by atoms with Crippen LogP contribution in [0.4, 0.5) is 22.0 Å². The average Bonchev–Trinajstić information content (AvgIpc) is 2.71. The van der Waals surface area contributed by atoms with Crippen molar-refractivity contribution < 1.29 is 22.0 Å². The normalized spacial score (nSPS) is 12.1. The minimum absolute atomic E-state index is 0.0639. The third-order valence-electron chi connectivity index (χ3n) is 5.42. The standard InChI is InChI=1S/C25H19F5/c1-2-3-4-15-5-8-18-16(13-15)6-9-21-20(18)11-10-19(24(21)27)17-7-12-22(23(26)14-17)25(28,29)30/h5-14H,2-4H2,1H3. The fraction of sp³-hybridized carbons (Fsp3) is 0.200. The van der Waals surface area contributed by atoms with Crippen molar-refractivity contribution in [2.75, 3.05) is 0 Å². The Hall–Kier alpha value is -2.95. The van der Waals surface area contributed by atoms with Gasteiger partial charge in [0.1, 0.15) is 11.6 Å². The fourth-order valence-corrected chi connectivity index (χ4v) is 3.83. The highest BCUT2D eigenvalue weighted by Gasteiger charge is 2.34. The second-order valence-electron chi connectivity index (χ2n) is 7.44. The lowest BCUT2D eigenvalue weighted by atomic mass is 9.94. The summed E-state index contributed by atoms with van der Waals surface area (Å²) in [6, 6.07) is 15.3. The highest BCUT2D eigenvalue weighted by molar-refractivity contribution is 6.08. The molecule has 30 heavy (non-hydrogen) atoms. The second-order valence-corrected chi connectivity index (χ2v) is 7.44. The molecule has 0 spiro atoms. The number of hydrogen-bond donors (Lipinski definition) is 0. The highest BCUT2D eigenvalue weighted by Crippen LogP contribution is 2.36. The average molecular weight is 414 g/mol. The van der Waals surface area contributed by atoms with Gasteiger partial charge in [0.15, 0.2) is 0 Å². The van der Waals surface area contributed by atoms with Crippen molar-refractivity contribution in [1.29, 1.82) is 0 Å². The van der Waals surface area contributed by atoms with E-state index in [-0.39, 0.29) is 11.1 Å². The van der Waals surface area contributed by atoms with Crippen LogP contribution in [0.25, 0.3) is 32.7 Å². The van der Waals surface area contributed by atoms with Crippen molar-refractivity contribution in [3.8, 4) is 11.1 Å². The van der Waals surface area contributed by atoms with Crippen LogP contribution in [0.3, 0.4) is 0 Å². The number of halogens is 5. The Labute approximate surface area is 171 Å². The Morgan fingerprint density at radius 1 is 0.767 bits per heavy atom. The maximum Gasteiger partial charge on any atom is 0.419 e. The van der Waals surface area contributed by atoms with Crippen LogP contribution in [0, 0.1) is 11.6 Å². The Balaban J connectivity index is 1.81. The zero-order valence-electron chi connectivity index (χ0n) is 16.3. The first-order valence-corrected chi connectivity index (χ1v) is 9.80. The van der Waals surface area contributed by atoms with Crippen LogP contribution in [0.15, 0.2) is 60.7 Å². The van der Waals surface area contributed by atoms with E-state index < -0.39 is 23.4 Å². The van der Waals surface area contributed by atoms with E-state index in [1.54, 1.807) is 12.1 Å². The molecule has 0 bridgehead atoms. The van der Waals surface area contributed by atoms with E-state index in [1.807, 2.05) is 18.2 Å². The zero-order chi connectivity index (χ0) is 21.5. The molecule has 154 valence electrons. The van der Waals surface area contributed by atoms with Gasteiger partial charge in [0.25, 0.3) is 0 Å². The van der Waals surface area contributed by atoms with Crippen LogP contribution < -0.4 is 0 Å². The highest BCUT2D eigenvalue weighted by atomic mass is 19.4. The van der Waals surface area contributed by atoms with Crippen molar-refractivity contribution in [3.05, 3.63) is 83.4 Å². The number of fused-ring (bicyclic) bond motifs is 3. The molecule has 0 aliphatic heterocycles. The summed E-state index contributed by atoms with van der Waals surface area (Å²) in [4.78, 5) is 0. The first-order chi connectivity index (χ1) is 14.3. The largest absolute Gasteiger partial charge is 0.419 e. The molecule has 0 fully saturated rings. The van der Waals surface area contributed by atoms with Crippen molar-refractivity contribution in [2.24, 2.45) is 0 Å². The van der Waals surface area contributed by atoms with Gasteiger partial charge in [-0.2, -0.15) is 13.2 Å². The molecule has 4 aromatic carbocycles. The monoisotopic (exact) mass is 414 g/mol. The van der Waals surface area contributed by atoms with Crippen LogP contribution in [-0.4, -0.2) is 0 Å². The van der Waals surface area contributed by atoms with Crippen molar-refractivity contribution in [1.82, 2.24) is 0 Å². The summed E-state index contributed by atoms with van der Waals surface area (Å²) >= 11 is 0. The maximum absolute atomic E-state index is 15.3. The summed E-state index contributed by atoms with van der Waals surface area (Å²) in [5.41, 5.74) is -0.0118. The molecule has 4 aromatic rings. The van der Waals surface area contributed by atoms with E-state index >= 15 is 4.39 Å². The lowest BCUT2D eigenvalue weighted by Crippen LogP contribution is -2.07. The molecule has 0 radical (unpaired) electrons. The summed E-state index contributed by atoms with van der Waals surface area (Å²) in [6.45, 7) is 2.14. The third kappa shape index (κ3) is 3.64. The van der Waals surface area contributed by atoms with Gasteiger partial charge in [-0.25, -0.2) is 8.78 Å². The molecule has 0 heterocycles. The summed E-state index contributed by atoms with van der Waals surface area (Å²) < 4.78 is 67.6. The second kappa shape index (κ2) is 7.71. The van der Waals surface area contributed by atoms with E-state index in [2.05, 4.69) is 13.0 Å². The Bertz CT molecular complexity index is 1240. The van der Waals surface area contributed by atoms with E-state index in [4.69, 9.17) is 0 Å². The van der Waals surface area contributed by atoms with Crippen LogP contribution in [0.5, 0.6) is 0 Å². The summed E-state index contributed by atoms with van der Waals surface area (Å²) in [6.07, 6.45) is -1.61. The third-order valence-corrected chi connectivity index (χ3v) is 5.42. The topological polar surface area (TPSA) is 0 Å². The molecule has 0 saturated heterocycles. The van der Waals surface area contributed by atoms with Gasteiger partial charge >= 0.3 is 6.18 Å². The number of aryl methyl sites for hydroxylation is 1. The number of alkyl halides is 3. The molecule has 4 rings (SSSR count). The van der Waals surface area contributed by atoms with Gasteiger partial charge in [-0.15, -0.1) is 0 Å². The molecule has 0 N–H and O–H groups in total. The molecule has 0 unspecified atom stereocenters. The lowest BCUT2D eigenvalue weighted by molar-refractivity contribution is -0.139. The number of hydrogen-bond acceptors (Lipinski definition) is 0. The molecule has 0 aliphatic rings. The molecule has 0 aliphatic carbocycles. The lowest BCUT2D eigenvalue weighted by Gasteiger charge is -2.12. The SMILES string of the molecule is CCCCc1ccc2c(ccc3c(F)c(-c4ccc(C(F)(F)F)c(F)c4)ccc32)c1. The molecular weight excluding hydrogens is 395 g/mol. The van der Waals surface area contributed by atoms with Gasteiger partial charge in [0.05, 0.1) is 5.56 Å². The predicted molar refractivity (Wildman–Crippen MR) is 110 cm³/mol. The van der Waals surface area contributed by atoms with Crippen LogP contribution in [0.1, 0.15) is 30.9 Å². The Morgan fingerprint density at radius 3 is 2.20 bits per heavy atom. The molecular formula is C25H19F5. The Kier molecular flexibility index (Phi) is 5.22. The zero-order valence-corrected chi connectivity index (χ0v) is 16.3. The summed E-state index contributed by atoms with van der Waals surface area (Å²) in [7, 11) is 0. The summed E-state index contributed by atoms with van der Waals surface area (Å²) in [5, 5.41) is 2.96. The van der Waals surface area contributed by atoms with E-state index in [1.165, 1.54) is 11.6 Å². The van der Waals surface area contributed by atoms with Gasteiger partial charge < -0.3 is 0 Å². The van der Waals surface area contributed by atoms with Crippen molar-refractivity contribution >= 4 is 21.5 Å². The smallest absolute Gasteiger partial charge is 0.206 e. The Morgan fingerprint density at radius 2 is 1.50 bits per heavy atom. The molecule has 5 heteroatoms.